The Kier molecular flexibility index (Phi) is 4.87. The SMILES string of the molecule is O=C(c1ccn(C2CCCC2)n1)N(CC(F)F)c1ccc(F)cc1. The van der Waals surface area contributed by atoms with E-state index in [4.69, 9.17) is 0 Å². The van der Waals surface area contributed by atoms with Gasteiger partial charge in [0, 0.05) is 11.9 Å². The zero-order valence-electron chi connectivity index (χ0n) is 13.0. The maximum atomic E-state index is 13.0. The van der Waals surface area contributed by atoms with Gasteiger partial charge >= 0.3 is 0 Å². The van der Waals surface area contributed by atoms with Crippen molar-refractivity contribution in [2.45, 2.75) is 38.2 Å². The van der Waals surface area contributed by atoms with Crippen molar-refractivity contribution >= 4 is 11.6 Å². The largest absolute Gasteiger partial charge is 0.301 e. The van der Waals surface area contributed by atoms with E-state index in [0.717, 1.165) is 42.7 Å². The van der Waals surface area contributed by atoms with Crippen molar-refractivity contribution in [2.75, 3.05) is 11.4 Å². The third-order valence-corrected chi connectivity index (χ3v) is 4.23. The number of benzene rings is 1. The van der Waals surface area contributed by atoms with Crippen molar-refractivity contribution in [3.8, 4) is 0 Å². The Hall–Kier alpha value is -2.31. The first-order valence-electron chi connectivity index (χ1n) is 7.95. The Labute approximate surface area is 137 Å². The minimum atomic E-state index is -2.70. The number of carbonyl (C=O) groups is 1. The van der Waals surface area contributed by atoms with Crippen molar-refractivity contribution in [2.24, 2.45) is 0 Å². The zero-order chi connectivity index (χ0) is 17.1. The van der Waals surface area contributed by atoms with Crippen LogP contribution in [-0.2, 0) is 0 Å². The molecule has 1 heterocycles. The van der Waals surface area contributed by atoms with Gasteiger partial charge in [-0.05, 0) is 43.2 Å². The van der Waals surface area contributed by atoms with E-state index in [0.29, 0.717) is 0 Å². The average molecular weight is 337 g/mol. The van der Waals surface area contributed by atoms with Crippen LogP contribution in [0.15, 0.2) is 36.5 Å². The fourth-order valence-electron chi connectivity index (χ4n) is 3.03. The molecule has 1 aromatic heterocycles. The normalized spacial score (nSPS) is 15.2. The summed E-state index contributed by atoms with van der Waals surface area (Å²) in [7, 11) is 0. The van der Waals surface area contributed by atoms with Gasteiger partial charge in [-0.3, -0.25) is 9.48 Å². The number of anilines is 1. The van der Waals surface area contributed by atoms with Gasteiger partial charge in [0.25, 0.3) is 12.3 Å². The van der Waals surface area contributed by atoms with Crippen LogP contribution >= 0.6 is 0 Å². The van der Waals surface area contributed by atoms with Crippen LogP contribution in [-0.4, -0.2) is 28.7 Å². The van der Waals surface area contributed by atoms with Gasteiger partial charge in [0.05, 0.1) is 12.6 Å². The Balaban J connectivity index is 1.84. The Morgan fingerprint density at radius 2 is 1.88 bits per heavy atom. The first kappa shape index (κ1) is 16.5. The number of alkyl halides is 2. The summed E-state index contributed by atoms with van der Waals surface area (Å²) in [4.78, 5) is 13.6. The maximum absolute atomic E-state index is 13.0. The number of amides is 1. The van der Waals surface area contributed by atoms with Gasteiger partial charge in [0.15, 0.2) is 5.69 Å². The van der Waals surface area contributed by atoms with E-state index in [1.165, 1.54) is 12.1 Å². The number of hydrogen-bond acceptors (Lipinski definition) is 2. The fraction of sp³-hybridized carbons (Fsp3) is 0.412. The van der Waals surface area contributed by atoms with E-state index >= 15 is 0 Å². The Bertz CT molecular complexity index is 693. The molecule has 0 N–H and O–H groups in total. The number of hydrogen-bond donors (Lipinski definition) is 0. The zero-order valence-corrected chi connectivity index (χ0v) is 13.0. The highest BCUT2D eigenvalue weighted by atomic mass is 19.3. The molecule has 0 aliphatic heterocycles. The Morgan fingerprint density at radius 3 is 2.50 bits per heavy atom. The predicted molar refractivity (Wildman–Crippen MR) is 83.8 cm³/mol. The van der Waals surface area contributed by atoms with Crippen LogP contribution in [0.3, 0.4) is 0 Å². The van der Waals surface area contributed by atoms with E-state index in [2.05, 4.69) is 5.10 Å². The maximum Gasteiger partial charge on any atom is 0.278 e. The lowest BCUT2D eigenvalue weighted by Gasteiger charge is -2.21. The van der Waals surface area contributed by atoms with E-state index in [9.17, 15) is 18.0 Å². The minimum Gasteiger partial charge on any atom is -0.301 e. The molecule has 7 heteroatoms. The average Bonchev–Trinajstić information content (AvgIpc) is 3.23. The van der Waals surface area contributed by atoms with E-state index in [1.54, 1.807) is 16.9 Å². The highest BCUT2D eigenvalue weighted by Crippen LogP contribution is 2.29. The van der Waals surface area contributed by atoms with Crippen molar-refractivity contribution < 1.29 is 18.0 Å². The molecular weight excluding hydrogens is 319 g/mol. The summed E-state index contributed by atoms with van der Waals surface area (Å²) >= 11 is 0. The van der Waals surface area contributed by atoms with Crippen molar-refractivity contribution in [1.29, 1.82) is 0 Å². The van der Waals surface area contributed by atoms with E-state index in [1.807, 2.05) is 0 Å². The van der Waals surface area contributed by atoms with E-state index in [-0.39, 0.29) is 17.4 Å². The number of aromatic nitrogens is 2. The van der Waals surface area contributed by atoms with Crippen LogP contribution in [0.1, 0.15) is 42.2 Å². The molecule has 0 spiro atoms. The minimum absolute atomic E-state index is 0.117. The predicted octanol–water partition coefficient (Wildman–Crippen LogP) is 4.05. The molecule has 0 radical (unpaired) electrons. The molecule has 2 aromatic rings. The molecule has 0 atom stereocenters. The van der Waals surface area contributed by atoms with Gasteiger partial charge in [-0.15, -0.1) is 0 Å². The lowest BCUT2D eigenvalue weighted by Crippen LogP contribution is -2.35. The van der Waals surface area contributed by atoms with Gasteiger partial charge in [0.1, 0.15) is 5.82 Å². The van der Waals surface area contributed by atoms with Crippen LogP contribution < -0.4 is 4.90 Å². The van der Waals surface area contributed by atoms with Crippen LogP contribution in [0.2, 0.25) is 0 Å². The molecule has 4 nitrogen and oxygen atoms in total. The number of nitrogens with zero attached hydrogens (tertiary/aromatic N) is 3. The lowest BCUT2D eigenvalue weighted by atomic mass is 10.2. The second-order valence-corrected chi connectivity index (χ2v) is 5.90. The van der Waals surface area contributed by atoms with Crippen molar-refractivity contribution in [1.82, 2.24) is 9.78 Å². The quantitative estimate of drug-likeness (QED) is 0.825. The smallest absolute Gasteiger partial charge is 0.278 e. The number of carbonyl (C=O) groups excluding carboxylic acids is 1. The summed E-state index contributed by atoms with van der Waals surface area (Å²) in [5, 5.41) is 4.27. The summed E-state index contributed by atoms with van der Waals surface area (Å²) in [5.74, 6) is -1.10. The van der Waals surface area contributed by atoms with Crippen LogP contribution in [0.4, 0.5) is 18.9 Å². The molecule has 1 aliphatic carbocycles. The van der Waals surface area contributed by atoms with Crippen molar-refractivity contribution in [3.63, 3.8) is 0 Å². The third-order valence-electron chi connectivity index (χ3n) is 4.23. The molecule has 128 valence electrons. The first-order valence-corrected chi connectivity index (χ1v) is 7.95. The molecule has 24 heavy (non-hydrogen) atoms. The summed E-state index contributed by atoms with van der Waals surface area (Å²) in [6.07, 6.45) is 3.29. The molecule has 1 amide bonds. The topological polar surface area (TPSA) is 38.1 Å². The van der Waals surface area contributed by atoms with Crippen molar-refractivity contribution in [3.05, 3.63) is 48.0 Å². The highest BCUT2D eigenvalue weighted by Gasteiger charge is 2.25. The molecule has 1 saturated carbocycles. The lowest BCUT2D eigenvalue weighted by molar-refractivity contribution is 0.0940. The molecule has 0 unspecified atom stereocenters. The summed E-state index contributed by atoms with van der Waals surface area (Å²) in [6, 6.07) is 6.70. The molecule has 0 saturated heterocycles. The summed E-state index contributed by atoms with van der Waals surface area (Å²) in [5.41, 5.74) is 0.337. The van der Waals surface area contributed by atoms with Crippen LogP contribution in [0.5, 0.6) is 0 Å². The highest BCUT2D eigenvalue weighted by molar-refractivity contribution is 6.04. The molecular formula is C17H18F3N3O. The molecule has 1 fully saturated rings. The van der Waals surface area contributed by atoms with Gasteiger partial charge in [-0.2, -0.15) is 5.10 Å². The molecule has 0 bridgehead atoms. The molecule has 1 aromatic carbocycles. The van der Waals surface area contributed by atoms with Crippen LogP contribution in [0.25, 0.3) is 0 Å². The monoisotopic (exact) mass is 337 g/mol. The second kappa shape index (κ2) is 7.07. The fourth-order valence-corrected chi connectivity index (χ4v) is 3.03. The standard InChI is InChI=1S/C17H18F3N3O/c18-12-5-7-13(8-6-12)22(11-16(19)20)17(24)15-9-10-23(21-15)14-3-1-2-4-14/h5-10,14,16H,1-4,11H2. The number of rotatable bonds is 5. The molecule has 3 rings (SSSR count). The van der Waals surface area contributed by atoms with Gasteiger partial charge < -0.3 is 4.90 Å². The second-order valence-electron chi connectivity index (χ2n) is 5.90. The van der Waals surface area contributed by atoms with Crippen LogP contribution in [0, 0.1) is 5.82 Å². The molecule has 1 aliphatic rings. The Morgan fingerprint density at radius 1 is 1.21 bits per heavy atom. The summed E-state index contributed by atoms with van der Waals surface area (Å²) < 4.78 is 40.6. The summed E-state index contributed by atoms with van der Waals surface area (Å²) in [6.45, 7) is -0.763. The third kappa shape index (κ3) is 3.60. The van der Waals surface area contributed by atoms with E-state index < -0.39 is 24.7 Å². The number of halogens is 3. The van der Waals surface area contributed by atoms with Gasteiger partial charge in [-0.1, -0.05) is 12.8 Å². The first-order chi connectivity index (χ1) is 11.5. The van der Waals surface area contributed by atoms with Gasteiger partial charge in [0.2, 0.25) is 0 Å². The van der Waals surface area contributed by atoms with Gasteiger partial charge in [-0.25, -0.2) is 13.2 Å².